The minimum Gasteiger partial charge on any atom is -0.356 e. The summed E-state index contributed by atoms with van der Waals surface area (Å²) in [7, 11) is 0. The first-order valence-electron chi connectivity index (χ1n) is 3.12. The summed E-state index contributed by atoms with van der Waals surface area (Å²) in [5.41, 5.74) is 0. The van der Waals surface area contributed by atoms with Crippen molar-refractivity contribution in [2.75, 3.05) is 6.54 Å². The molecule has 1 saturated carbocycles. The number of carbonyl (C=O) groups excluding carboxylic acids is 1. The molecule has 1 fully saturated rings. The number of nitrogens with one attached hydrogen (secondary N) is 1. The highest BCUT2D eigenvalue weighted by Crippen LogP contribution is 2.28. The summed E-state index contributed by atoms with van der Waals surface area (Å²) in [5, 5.41) is 2.77. The Morgan fingerprint density at radius 2 is 2.22 bits per heavy atom. The highest BCUT2D eigenvalue weighted by Gasteiger charge is 2.28. The van der Waals surface area contributed by atoms with Gasteiger partial charge in [-0.1, -0.05) is 0 Å². The van der Waals surface area contributed by atoms with E-state index in [2.05, 4.69) is 5.32 Å². The first kappa shape index (κ1) is 8.76. The van der Waals surface area contributed by atoms with E-state index in [9.17, 15) is 4.79 Å². The monoisotopic (exact) mass is 149 g/mol. The maximum atomic E-state index is 10.7. The summed E-state index contributed by atoms with van der Waals surface area (Å²) in [6, 6.07) is 0. The molecular weight excluding hydrogens is 138 g/mol. The Bertz CT molecular complexity index is 101. The third kappa shape index (κ3) is 2.70. The summed E-state index contributed by atoms with van der Waals surface area (Å²) in [6.07, 6.45) is 2.21. The molecule has 54 valence electrons. The SMILES string of the molecule is CCNC(=O)C1CC1.Cl. The fraction of sp³-hybridized carbons (Fsp3) is 0.833. The van der Waals surface area contributed by atoms with Gasteiger partial charge < -0.3 is 5.32 Å². The van der Waals surface area contributed by atoms with Gasteiger partial charge in [-0.3, -0.25) is 4.79 Å². The van der Waals surface area contributed by atoms with Crippen LogP contribution >= 0.6 is 12.4 Å². The lowest BCUT2D eigenvalue weighted by Gasteiger charge is -1.95. The Balaban J connectivity index is 0.000000640. The molecule has 0 aromatic rings. The molecule has 0 aromatic heterocycles. The number of halogens is 1. The van der Waals surface area contributed by atoms with E-state index in [1.165, 1.54) is 0 Å². The Hall–Kier alpha value is -0.240. The van der Waals surface area contributed by atoms with Crippen molar-refractivity contribution in [3.8, 4) is 0 Å². The van der Waals surface area contributed by atoms with Crippen LogP contribution in [-0.4, -0.2) is 12.5 Å². The van der Waals surface area contributed by atoms with Crippen LogP contribution in [0, 0.1) is 5.92 Å². The van der Waals surface area contributed by atoms with Gasteiger partial charge in [-0.2, -0.15) is 0 Å². The lowest BCUT2D eigenvalue weighted by molar-refractivity contribution is -0.122. The second-order valence-corrected chi connectivity index (χ2v) is 2.17. The zero-order valence-electron chi connectivity index (χ0n) is 5.52. The minimum absolute atomic E-state index is 0. The molecule has 0 saturated heterocycles. The summed E-state index contributed by atoms with van der Waals surface area (Å²) in [6.45, 7) is 2.72. The summed E-state index contributed by atoms with van der Waals surface area (Å²) >= 11 is 0. The van der Waals surface area contributed by atoms with Crippen LogP contribution in [0.15, 0.2) is 0 Å². The molecular formula is C6H12ClNO. The lowest BCUT2D eigenvalue weighted by Crippen LogP contribution is -2.23. The van der Waals surface area contributed by atoms with Gasteiger partial charge in [-0.05, 0) is 19.8 Å². The molecule has 0 unspecified atom stereocenters. The van der Waals surface area contributed by atoms with Crippen LogP contribution in [0.25, 0.3) is 0 Å². The van der Waals surface area contributed by atoms with Crippen molar-refractivity contribution in [2.24, 2.45) is 5.92 Å². The molecule has 0 heterocycles. The number of hydrogen-bond donors (Lipinski definition) is 1. The van der Waals surface area contributed by atoms with Crippen LogP contribution in [0.5, 0.6) is 0 Å². The first-order chi connectivity index (χ1) is 3.84. The molecule has 0 spiro atoms. The first-order valence-corrected chi connectivity index (χ1v) is 3.12. The van der Waals surface area contributed by atoms with Crippen molar-refractivity contribution in [3.05, 3.63) is 0 Å². The lowest BCUT2D eigenvalue weighted by atomic mass is 10.4. The number of amides is 1. The number of carbonyl (C=O) groups is 1. The van der Waals surface area contributed by atoms with Crippen LogP contribution in [0.3, 0.4) is 0 Å². The van der Waals surface area contributed by atoms with E-state index >= 15 is 0 Å². The molecule has 0 radical (unpaired) electrons. The molecule has 1 rings (SSSR count). The van der Waals surface area contributed by atoms with E-state index in [-0.39, 0.29) is 18.3 Å². The molecule has 0 bridgehead atoms. The van der Waals surface area contributed by atoms with Crippen molar-refractivity contribution >= 4 is 18.3 Å². The van der Waals surface area contributed by atoms with Crippen LogP contribution in [0.2, 0.25) is 0 Å². The highest BCUT2D eigenvalue weighted by atomic mass is 35.5. The normalized spacial score (nSPS) is 16.1. The van der Waals surface area contributed by atoms with Crippen molar-refractivity contribution in [1.82, 2.24) is 5.32 Å². The quantitative estimate of drug-likeness (QED) is 0.623. The van der Waals surface area contributed by atoms with E-state index in [1.807, 2.05) is 6.92 Å². The minimum atomic E-state index is 0. The molecule has 0 aliphatic heterocycles. The van der Waals surface area contributed by atoms with Gasteiger partial charge in [0.2, 0.25) is 5.91 Å². The molecule has 2 nitrogen and oxygen atoms in total. The molecule has 1 aliphatic rings. The largest absolute Gasteiger partial charge is 0.356 e. The second kappa shape index (κ2) is 3.72. The van der Waals surface area contributed by atoms with Gasteiger partial charge in [-0.15, -0.1) is 12.4 Å². The van der Waals surface area contributed by atoms with E-state index in [4.69, 9.17) is 0 Å². The van der Waals surface area contributed by atoms with Crippen molar-refractivity contribution in [3.63, 3.8) is 0 Å². The average Bonchev–Trinajstić information content (AvgIpc) is 2.45. The Morgan fingerprint density at radius 1 is 1.67 bits per heavy atom. The van der Waals surface area contributed by atoms with Gasteiger partial charge in [0.25, 0.3) is 0 Å². The summed E-state index contributed by atoms with van der Waals surface area (Å²) in [4.78, 5) is 10.7. The average molecular weight is 150 g/mol. The molecule has 3 heteroatoms. The smallest absolute Gasteiger partial charge is 0.223 e. The highest BCUT2D eigenvalue weighted by molar-refractivity contribution is 5.85. The maximum absolute atomic E-state index is 10.7. The topological polar surface area (TPSA) is 29.1 Å². The van der Waals surface area contributed by atoms with Crippen LogP contribution in [0.4, 0.5) is 0 Å². The summed E-state index contributed by atoms with van der Waals surface area (Å²) < 4.78 is 0. The predicted octanol–water partition coefficient (Wildman–Crippen LogP) is 0.954. The Morgan fingerprint density at radius 3 is 2.56 bits per heavy atom. The van der Waals surface area contributed by atoms with Crippen LogP contribution in [0.1, 0.15) is 19.8 Å². The predicted molar refractivity (Wildman–Crippen MR) is 38.7 cm³/mol. The van der Waals surface area contributed by atoms with E-state index < -0.39 is 0 Å². The van der Waals surface area contributed by atoms with Crippen LogP contribution in [-0.2, 0) is 4.79 Å². The summed E-state index contributed by atoms with van der Waals surface area (Å²) in [5.74, 6) is 0.613. The number of rotatable bonds is 2. The fourth-order valence-corrected chi connectivity index (χ4v) is 0.664. The Kier molecular flexibility index (Phi) is 3.62. The second-order valence-electron chi connectivity index (χ2n) is 2.17. The third-order valence-electron chi connectivity index (χ3n) is 1.30. The maximum Gasteiger partial charge on any atom is 0.223 e. The van der Waals surface area contributed by atoms with Gasteiger partial charge in [0.1, 0.15) is 0 Å². The molecule has 9 heavy (non-hydrogen) atoms. The Labute approximate surface area is 61.4 Å². The molecule has 1 N–H and O–H groups in total. The zero-order chi connectivity index (χ0) is 5.98. The van der Waals surface area contributed by atoms with Gasteiger partial charge >= 0.3 is 0 Å². The zero-order valence-corrected chi connectivity index (χ0v) is 6.33. The van der Waals surface area contributed by atoms with Gasteiger partial charge in [0.05, 0.1) is 0 Å². The molecule has 0 aromatic carbocycles. The van der Waals surface area contributed by atoms with E-state index in [0.717, 1.165) is 19.4 Å². The molecule has 1 aliphatic carbocycles. The van der Waals surface area contributed by atoms with Gasteiger partial charge in [0.15, 0.2) is 0 Å². The number of hydrogen-bond acceptors (Lipinski definition) is 1. The van der Waals surface area contributed by atoms with Gasteiger partial charge in [-0.25, -0.2) is 0 Å². The van der Waals surface area contributed by atoms with Gasteiger partial charge in [0, 0.05) is 12.5 Å². The van der Waals surface area contributed by atoms with E-state index in [0.29, 0.717) is 5.92 Å². The molecule has 0 atom stereocenters. The van der Waals surface area contributed by atoms with Crippen LogP contribution < -0.4 is 5.32 Å². The third-order valence-corrected chi connectivity index (χ3v) is 1.30. The van der Waals surface area contributed by atoms with Crippen molar-refractivity contribution in [1.29, 1.82) is 0 Å². The van der Waals surface area contributed by atoms with E-state index in [1.54, 1.807) is 0 Å². The standard InChI is InChI=1S/C6H11NO.ClH/c1-2-7-6(8)5-3-4-5;/h5H,2-4H2,1H3,(H,7,8);1H. The fourth-order valence-electron chi connectivity index (χ4n) is 0.664. The van der Waals surface area contributed by atoms with Crippen molar-refractivity contribution < 1.29 is 4.79 Å². The van der Waals surface area contributed by atoms with Crippen molar-refractivity contribution in [2.45, 2.75) is 19.8 Å². The molecule has 1 amide bonds.